The molecule has 1 aromatic carbocycles. The van der Waals surface area contributed by atoms with Crippen molar-refractivity contribution in [3.63, 3.8) is 0 Å². The van der Waals surface area contributed by atoms with Gasteiger partial charge in [-0.15, -0.1) is 24.0 Å². The maximum atomic E-state index is 12.6. The zero-order chi connectivity index (χ0) is 20.4. The molecule has 1 saturated heterocycles. The van der Waals surface area contributed by atoms with Gasteiger partial charge in [0, 0.05) is 32.2 Å². The molecule has 0 radical (unpaired) electrons. The van der Waals surface area contributed by atoms with Gasteiger partial charge in [-0.2, -0.15) is 8.78 Å². The van der Waals surface area contributed by atoms with E-state index < -0.39 is 6.61 Å². The van der Waals surface area contributed by atoms with Crippen LogP contribution in [0.5, 0.6) is 11.5 Å². The van der Waals surface area contributed by atoms with Crippen LogP contribution in [-0.4, -0.2) is 70.0 Å². The third-order valence-electron chi connectivity index (χ3n) is 4.44. The molecule has 0 bridgehead atoms. The largest absolute Gasteiger partial charge is 0.493 e. The second-order valence-corrected chi connectivity index (χ2v) is 6.44. The number of hydrogen-bond acceptors (Lipinski definition) is 5. The zero-order valence-corrected chi connectivity index (χ0v) is 19.5. The molecule has 29 heavy (non-hydrogen) atoms. The minimum absolute atomic E-state index is 0. The van der Waals surface area contributed by atoms with E-state index >= 15 is 0 Å². The van der Waals surface area contributed by atoms with Crippen molar-refractivity contribution in [2.45, 2.75) is 33.0 Å². The molecule has 1 aliphatic heterocycles. The van der Waals surface area contributed by atoms with Gasteiger partial charge in [-0.1, -0.05) is 6.07 Å². The standard InChI is InChI=1S/C19H30F2N4O3.HI/c1-4-22-19(23-12-14(2)25-7-9-27-10-8-25)24-13-15-5-6-16(26-3)17(11-15)28-18(20)21;/h5-6,11,14,18H,4,7-10,12-13H2,1-3H3,(H2,22,23,24);1H. The molecule has 1 aromatic rings. The number of nitrogens with zero attached hydrogens (tertiary/aromatic N) is 2. The molecule has 0 aromatic heterocycles. The number of aliphatic imine (C=N–C) groups is 1. The van der Waals surface area contributed by atoms with Gasteiger partial charge in [-0.3, -0.25) is 4.90 Å². The van der Waals surface area contributed by atoms with Crippen LogP contribution in [0.15, 0.2) is 23.2 Å². The topological polar surface area (TPSA) is 67.4 Å². The summed E-state index contributed by atoms with van der Waals surface area (Å²) in [5, 5.41) is 6.54. The highest BCUT2D eigenvalue weighted by Crippen LogP contribution is 2.29. The number of benzene rings is 1. The van der Waals surface area contributed by atoms with Gasteiger partial charge in [-0.25, -0.2) is 4.99 Å². The number of nitrogens with one attached hydrogen (secondary N) is 2. The number of alkyl halides is 2. The van der Waals surface area contributed by atoms with Crippen molar-refractivity contribution in [2.24, 2.45) is 4.99 Å². The Kier molecular flexibility index (Phi) is 12.2. The molecule has 10 heteroatoms. The predicted octanol–water partition coefficient (Wildman–Crippen LogP) is 2.69. The Labute approximate surface area is 188 Å². The fraction of sp³-hybridized carbons (Fsp3) is 0.632. The van der Waals surface area contributed by atoms with Crippen molar-refractivity contribution in [3.8, 4) is 11.5 Å². The summed E-state index contributed by atoms with van der Waals surface area (Å²) in [6.45, 7) is 6.42. The van der Waals surface area contributed by atoms with Crippen LogP contribution in [-0.2, 0) is 11.3 Å². The molecule has 0 spiro atoms. The normalized spacial score (nSPS) is 16.1. The van der Waals surface area contributed by atoms with Crippen LogP contribution in [0.2, 0.25) is 0 Å². The van der Waals surface area contributed by atoms with Crippen molar-refractivity contribution < 1.29 is 23.0 Å². The van der Waals surface area contributed by atoms with E-state index in [0.29, 0.717) is 18.5 Å². The van der Waals surface area contributed by atoms with Crippen LogP contribution in [0.3, 0.4) is 0 Å². The molecular weight excluding hydrogens is 497 g/mol. The zero-order valence-electron chi connectivity index (χ0n) is 17.1. The van der Waals surface area contributed by atoms with E-state index in [1.807, 2.05) is 6.92 Å². The molecule has 1 heterocycles. The Morgan fingerprint density at radius 1 is 1.24 bits per heavy atom. The van der Waals surface area contributed by atoms with E-state index in [2.05, 4.69) is 32.2 Å². The van der Waals surface area contributed by atoms with Crippen LogP contribution in [0.4, 0.5) is 8.78 Å². The van der Waals surface area contributed by atoms with Crippen molar-refractivity contribution in [3.05, 3.63) is 23.8 Å². The number of methoxy groups -OCH3 is 1. The van der Waals surface area contributed by atoms with Gasteiger partial charge in [0.25, 0.3) is 0 Å². The Balaban J connectivity index is 0.00000420. The van der Waals surface area contributed by atoms with Gasteiger partial charge < -0.3 is 24.8 Å². The van der Waals surface area contributed by atoms with Crippen LogP contribution in [0, 0.1) is 0 Å². The summed E-state index contributed by atoms with van der Waals surface area (Å²) in [6, 6.07) is 5.25. The first-order valence-corrected chi connectivity index (χ1v) is 9.49. The molecule has 1 fully saturated rings. The second-order valence-electron chi connectivity index (χ2n) is 6.44. The molecule has 0 aliphatic carbocycles. The minimum atomic E-state index is -2.91. The van der Waals surface area contributed by atoms with Gasteiger partial charge in [0.05, 0.1) is 26.9 Å². The number of guanidine groups is 1. The third-order valence-corrected chi connectivity index (χ3v) is 4.44. The summed E-state index contributed by atoms with van der Waals surface area (Å²) in [4.78, 5) is 6.92. The van der Waals surface area contributed by atoms with Crippen molar-refractivity contribution in [2.75, 3.05) is 46.5 Å². The minimum Gasteiger partial charge on any atom is -0.493 e. The van der Waals surface area contributed by atoms with Gasteiger partial charge in [-0.05, 0) is 31.5 Å². The van der Waals surface area contributed by atoms with Crippen LogP contribution >= 0.6 is 24.0 Å². The van der Waals surface area contributed by atoms with E-state index in [1.165, 1.54) is 13.2 Å². The molecule has 1 atom stereocenters. The molecule has 2 rings (SSSR count). The number of halogens is 3. The highest BCUT2D eigenvalue weighted by molar-refractivity contribution is 14.0. The lowest BCUT2D eigenvalue weighted by Gasteiger charge is -2.32. The number of morpholine rings is 1. The number of rotatable bonds is 9. The van der Waals surface area contributed by atoms with Crippen molar-refractivity contribution >= 4 is 29.9 Å². The Bertz CT molecular complexity index is 631. The first kappa shape index (κ1) is 25.6. The lowest BCUT2D eigenvalue weighted by atomic mass is 10.2. The maximum absolute atomic E-state index is 12.6. The molecular formula is C19H31F2IN4O3. The van der Waals surface area contributed by atoms with E-state index in [1.54, 1.807) is 12.1 Å². The van der Waals surface area contributed by atoms with Crippen molar-refractivity contribution in [1.29, 1.82) is 0 Å². The van der Waals surface area contributed by atoms with Gasteiger partial charge in [0.15, 0.2) is 17.5 Å². The van der Waals surface area contributed by atoms with Crippen LogP contribution in [0.1, 0.15) is 19.4 Å². The molecule has 1 unspecified atom stereocenters. The Hall–Kier alpha value is -1.40. The van der Waals surface area contributed by atoms with E-state index in [4.69, 9.17) is 9.47 Å². The first-order valence-electron chi connectivity index (χ1n) is 9.49. The molecule has 1 aliphatic rings. The Morgan fingerprint density at radius 3 is 2.59 bits per heavy atom. The van der Waals surface area contributed by atoms with E-state index in [-0.39, 0.29) is 35.5 Å². The molecule has 7 nitrogen and oxygen atoms in total. The fourth-order valence-corrected chi connectivity index (χ4v) is 2.91. The maximum Gasteiger partial charge on any atom is 0.387 e. The van der Waals surface area contributed by atoms with Crippen LogP contribution in [0.25, 0.3) is 0 Å². The summed E-state index contributed by atoms with van der Waals surface area (Å²) in [7, 11) is 1.41. The van der Waals surface area contributed by atoms with Gasteiger partial charge in [0.1, 0.15) is 0 Å². The smallest absolute Gasteiger partial charge is 0.387 e. The summed E-state index contributed by atoms with van der Waals surface area (Å²) in [5.41, 5.74) is 0.745. The molecule has 166 valence electrons. The third kappa shape index (κ3) is 8.87. The molecule has 0 saturated carbocycles. The number of ether oxygens (including phenoxy) is 3. The lowest BCUT2D eigenvalue weighted by molar-refractivity contribution is -0.0512. The van der Waals surface area contributed by atoms with Gasteiger partial charge >= 0.3 is 6.61 Å². The molecule has 2 N–H and O–H groups in total. The Morgan fingerprint density at radius 2 is 1.97 bits per heavy atom. The first-order chi connectivity index (χ1) is 13.5. The quantitative estimate of drug-likeness (QED) is 0.292. The van der Waals surface area contributed by atoms with Crippen molar-refractivity contribution in [1.82, 2.24) is 15.5 Å². The summed E-state index contributed by atoms with van der Waals surface area (Å²) < 4.78 is 40.1. The fourth-order valence-electron chi connectivity index (χ4n) is 2.91. The molecule has 0 amide bonds. The average Bonchev–Trinajstić information content (AvgIpc) is 2.70. The van der Waals surface area contributed by atoms with E-state index in [9.17, 15) is 8.78 Å². The second kappa shape index (κ2) is 13.8. The highest BCUT2D eigenvalue weighted by atomic mass is 127. The van der Waals surface area contributed by atoms with Gasteiger partial charge in [0.2, 0.25) is 0 Å². The van der Waals surface area contributed by atoms with E-state index in [0.717, 1.165) is 45.0 Å². The highest BCUT2D eigenvalue weighted by Gasteiger charge is 2.17. The summed E-state index contributed by atoms with van der Waals surface area (Å²) in [6.07, 6.45) is 0. The average molecular weight is 528 g/mol. The summed E-state index contributed by atoms with van der Waals surface area (Å²) in [5.74, 6) is 0.941. The number of hydrogen-bond donors (Lipinski definition) is 2. The summed E-state index contributed by atoms with van der Waals surface area (Å²) >= 11 is 0. The predicted molar refractivity (Wildman–Crippen MR) is 120 cm³/mol. The van der Waals surface area contributed by atoms with Crippen LogP contribution < -0.4 is 20.1 Å². The lowest BCUT2D eigenvalue weighted by Crippen LogP contribution is -2.49. The SMILES string of the molecule is CCNC(=NCc1ccc(OC)c(OC(F)F)c1)NCC(C)N1CCOCC1.I. The monoisotopic (exact) mass is 528 g/mol.